The van der Waals surface area contributed by atoms with Gasteiger partial charge in [0.25, 0.3) is 0 Å². The smallest absolute Gasteiger partial charge is 0.0771 e. The molecule has 0 spiro atoms. The second-order valence-electron chi connectivity index (χ2n) is 5.62. The maximum atomic E-state index is 9.46. The molecular formula is C13H24O. The molecule has 0 saturated heterocycles. The fraction of sp³-hybridized carbons (Fsp3) is 0.692. The Balaban J connectivity index is 4.17. The van der Waals surface area contributed by atoms with Crippen LogP contribution >= 0.6 is 0 Å². The molecule has 0 aromatic carbocycles. The molecule has 0 unspecified atom stereocenters. The van der Waals surface area contributed by atoms with Gasteiger partial charge >= 0.3 is 0 Å². The van der Waals surface area contributed by atoms with Gasteiger partial charge in [-0.2, -0.15) is 0 Å². The second kappa shape index (κ2) is 4.79. The summed E-state index contributed by atoms with van der Waals surface area (Å²) in [5, 5.41) is 9.46. The van der Waals surface area contributed by atoms with Crippen LogP contribution in [0.4, 0.5) is 0 Å². The highest BCUT2D eigenvalue weighted by atomic mass is 16.3. The zero-order chi connectivity index (χ0) is 11.4. The third kappa shape index (κ3) is 9.53. The van der Waals surface area contributed by atoms with Crippen LogP contribution < -0.4 is 0 Å². The van der Waals surface area contributed by atoms with Gasteiger partial charge in [0.2, 0.25) is 0 Å². The highest BCUT2D eigenvalue weighted by Crippen LogP contribution is 2.19. The van der Waals surface area contributed by atoms with Gasteiger partial charge in [0.05, 0.1) is 5.60 Å². The lowest BCUT2D eigenvalue weighted by Gasteiger charge is -2.14. The molecule has 0 aromatic rings. The van der Waals surface area contributed by atoms with E-state index in [1.165, 1.54) is 5.57 Å². The Kier molecular flexibility index (Phi) is 4.60. The van der Waals surface area contributed by atoms with Crippen molar-refractivity contribution in [1.29, 1.82) is 0 Å². The average Bonchev–Trinajstić information content (AvgIpc) is 1.78. The summed E-state index contributed by atoms with van der Waals surface area (Å²) in [7, 11) is 0. The summed E-state index contributed by atoms with van der Waals surface area (Å²) >= 11 is 0. The van der Waals surface area contributed by atoms with Crippen LogP contribution in [-0.4, -0.2) is 10.7 Å². The van der Waals surface area contributed by atoms with Crippen molar-refractivity contribution in [3.63, 3.8) is 0 Å². The van der Waals surface area contributed by atoms with Crippen molar-refractivity contribution >= 4 is 0 Å². The summed E-state index contributed by atoms with van der Waals surface area (Å²) in [5.41, 5.74) is 0.896. The van der Waals surface area contributed by atoms with E-state index in [9.17, 15) is 5.11 Å². The van der Waals surface area contributed by atoms with Crippen molar-refractivity contribution in [3.8, 4) is 0 Å². The van der Waals surface area contributed by atoms with Crippen LogP contribution in [0.5, 0.6) is 0 Å². The lowest BCUT2D eigenvalue weighted by atomic mass is 9.93. The quantitative estimate of drug-likeness (QED) is 0.682. The summed E-state index contributed by atoms with van der Waals surface area (Å²) in [4.78, 5) is 0. The summed E-state index contributed by atoms with van der Waals surface area (Å²) in [6, 6.07) is 0. The zero-order valence-electron chi connectivity index (χ0n) is 10.4. The van der Waals surface area contributed by atoms with E-state index < -0.39 is 5.60 Å². The first-order valence-electron chi connectivity index (χ1n) is 5.18. The number of hydrogen-bond donors (Lipinski definition) is 1. The van der Waals surface area contributed by atoms with Crippen molar-refractivity contribution in [2.75, 3.05) is 0 Å². The molecule has 0 aliphatic rings. The standard InChI is InChI=1S/C13H24O/c1-11(10-12(2,3)4)8-7-9-13(5,6)14/h7,9-10,14H,8H2,1-6H3/b9-7+,11-10+. The maximum Gasteiger partial charge on any atom is 0.0771 e. The van der Waals surface area contributed by atoms with E-state index in [0.29, 0.717) is 0 Å². The maximum absolute atomic E-state index is 9.46. The van der Waals surface area contributed by atoms with E-state index in [2.05, 4.69) is 33.8 Å². The molecule has 14 heavy (non-hydrogen) atoms. The molecule has 0 saturated carbocycles. The first-order valence-corrected chi connectivity index (χ1v) is 5.18. The molecule has 0 rings (SSSR count). The largest absolute Gasteiger partial charge is 0.386 e. The lowest BCUT2D eigenvalue weighted by molar-refractivity contribution is 0.133. The van der Waals surface area contributed by atoms with Crippen LogP contribution in [0.15, 0.2) is 23.8 Å². The number of aliphatic hydroxyl groups is 1. The van der Waals surface area contributed by atoms with Crippen molar-refractivity contribution < 1.29 is 5.11 Å². The van der Waals surface area contributed by atoms with Gasteiger partial charge in [-0.05, 0) is 32.6 Å². The molecule has 0 radical (unpaired) electrons. The van der Waals surface area contributed by atoms with Gasteiger partial charge in [-0.15, -0.1) is 0 Å². The van der Waals surface area contributed by atoms with Crippen LogP contribution in [0.25, 0.3) is 0 Å². The van der Waals surface area contributed by atoms with E-state index in [4.69, 9.17) is 0 Å². The van der Waals surface area contributed by atoms with Crippen LogP contribution in [0, 0.1) is 5.41 Å². The topological polar surface area (TPSA) is 20.2 Å². The summed E-state index contributed by atoms with van der Waals surface area (Å²) in [6.45, 7) is 12.3. The molecule has 0 amide bonds. The molecule has 0 aliphatic heterocycles. The molecule has 0 atom stereocenters. The van der Waals surface area contributed by atoms with Crippen molar-refractivity contribution in [2.24, 2.45) is 5.41 Å². The molecule has 1 nitrogen and oxygen atoms in total. The lowest BCUT2D eigenvalue weighted by Crippen LogP contribution is -2.13. The Morgan fingerprint density at radius 1 is 1.14 bits per heavy atom. The van der Waals surface area contributed by atoms with E-state index in [1.807, 2.05) is 12.2 Å². The molecule has 0 aliphatic carbocycles. The molecule has 0 bridgehead atoms. The number of hydrogen-bond acceptors (Lipinski definition) is 1. The summed E-state index contributed by atoms with van der Waals surface area (Å²) < 4.78 is 0. The fourth-order valence-corrected chi connectivity index (χ4v) is 1.33. The molecule has 1 N–H and O–H groups in total. The summed E-state index contributed by atoms with van der Waals surface area (Å²) in [6.07, 6.45) is 7.05. The van der Waals surface area contributed by atoms with E-state index in [1.54, 1.807) is 13.8 Å². The molecule has 1 heteroatoms. The Morgan fingerprint density at radius 3 is 2.00 bits per heavy atom. The van der Waals surface area contributed by atoms with Gasteiger partial charge in [0.15, 0.2) is 0 Å². The van der Waals surface area contributed by atoms with Gasteiger partial charge in [0, 0.05) is 0 Å². The Bertz CT molecular complexity index is 221. The normalized spacial score (nSPS) is 15.2. The van der Waals surface area contributed by atoms with Crippen molar-refractivity contribution in [1.82, 2.24) is 0 Å². The minimum Gasteiger partial charge on any atom is -0.386 e. The Labute approximate surface area is 88.5 Å². The highest BCUT2D eigenvalue weighted by Gasteiger charge is 2.07. The van der Waals surface area contributed by atoms with Crippen LogP contribution in [-0.2, 0) is 0 Å². The molecular weight excluding hydrogens is 172 g/mol. The Morgan fingerprint density at radius 2 is 1.64 bits per heavy atom. The third-order valence-corrected chi connectivity index (χ3v) is 1.64. The minimum absolute atomic E-state index is 0.243. The van der Waals surface area contributed by atoms with Gasteiger partial charge < -0.3 is 5.11 Å². The zero-order valence-corrected chi connectivity index (χ0v) is 10.4. The predicted molar refractivity (Wildman–Crippen MR) is 63.3 cm³/mol. The molecule has 0 aromatic heterocycles. The molecule has 0 fully saturated rings. The first kappa shape index (κ1) is 13.4. The average molecular weight is 196 g/mol. The van der Waals surface area contributed by atoms with Crippen LogP contribution in [0.2, 0.25) is 0 Å². The highest BCUT2D eigenvalue weighted by molar-refractivity contribution is 5.10. The SMILES string of the molecule is C/C(=C\C(C)(C)C)C/C=C/C(C)(C)O. The number of allylic oxidation sites excluding steroid dienone is 3. The number of rotatable bonds is 3. The van der Waals surface area contributed by atoms with Gasteiger partial charge in [-0.1, -0.05) is 44.6 Å². The van der Waals surface area contributed by atoms with E-state index in [0.717, 1.165) is 6.42 Å². The fourth-order valence-electron chi connectivity index (χ4n) is 1.33. The van der Waals surface area contributed by atoms with Gasteiger partial charge in [0.1, 0.15) is 0 Å². The van der Waals surface area contributed by atoms with Crippen LogP contribution in [0.1, 0.15) is 48.0 Å². The minimum atomic E-state index is -0.692. The van der Waals surface area contributed by atoms with Crippen molar-refractivity contribution in [3.05, 3.63) is 23.8 Å². The van der Waals surface area contributed by atoms with Crippen molar-refractivity contribution in [2.45, 2.75) is 53.6 Å². The van der Waals surface area contributed by atoms with Gasteiger partial charge in [-0.25, -0.2) is 0 Å². The van der Waals surface area contributed by atoms with Gasteiger partial charge in [-0.3, -0.25) is 0 Å². The molecule has 0 heterocycles. The predicted octanol–water partition coefficient (Wildman–Crippen LogP) is 3.70. The Hall–Kier alpha value is -0.560. The second-order valence-corrected chi connectivity index (χ2v) is 5.62. The third-order valence-electron chi connectivity index (χ3n) is 1.64. The summed E-state index contributed by atoms with van der Waals surface area (Å²) in [5.74, 6) is 0. The van der Waals surface area contributed by atoms with E-state index >= 15 is 0 Å². The van der Waals surface area contributed by atoms with Crippen LogP contribution in [0.3, 0.4) is 0 Å². The first-order chi connectivity index (χ1) is 6.10. The molecule has 82 valence electrons. The monoisotopic (exact) mass is 196 g/mol. The van der Waals surface area contributed by atoms with E-state index in [-0.39, 0.29) is 5.41 Å².